The fourth-order valence-corrected chi connectivity index (χ4v) is 3.34. The van der Waals surface area contributed by atoms with Gasteiger partial charge in [0.2, 0.25) is 0 Å². The van der Waals surface area contributed by atoms with Crippen LogP contribution in [0.3, 0.4) is 0 Å². The van der Waals surface area contributed by atoms with E-state index in [4.69, 9.17) is 4.74 Å². The molecule has 2 aromatic rings. The third-order valence-corrected chi connectivity index (χ3v) is 4.85. The molecule has 0 spiro atoms. The molecule has 1 atom stereocenters. The van der Waals surface area contributed by atoms with Gasteiger partial charge in [0.1, 0.15) is 5.69 Å². The summed E-state index contributed by atoms with van der Waals surface area (Å²) in [4.78, 5) is 19.0. The van der Waals surface area contributed by atoms with E-state index in [2.05, 4.69) is 10.1 Å². The lowest BCUT2D eigenvalue weighted by atomic mass is 9.99. The molecule has 1 unspecified atom stereocenters. The number of rotatable bonds is 5. The lowest BCUT2D eigenvalue weighted by molar-refractivity contribution is 0.0344. The molecule has 1 aliphatic heterocycles. The summed E-state index contributed by atoms with van der Waals surface area (Å²) in [7, 11) is 1.93. The summed E-state index contributed by atoms with van der Waals surface area (Å²) in [5.41, 5.74) is 2.78. The van der Waals surface area contributed by atoms with Gasteiger partial charge in [-0.15, -0.1) is 0 Å². The molecule has 2 aliphatic rings. The van der Waals surface area contributed by atoms with E-state index in [0.29, 0.717) is 24.8 Å². The second kappa shape index (κ2) is 6.36. The molecule has 4 rings (SSSR count). The number of aryl methyl sites for hydroxylation is 1. The van der Waals surface area contributed by atoms with Crippen LogP contribution >= 0.6 is 0 Å². The van der Waals surface area contributed by atoms with Crippen LogP contribution in [-0.4, -0.2) is 45.3 Å². The molecule has 1 saturated carbocycles. The second-order valence-electron chi connectivity index (χ2n) is 6.64. The van der Waals surface area contributed by atoms with Crippen LogP contribution in [0.5, 0.6) is 0 Å². The van der Waals surface area contributed by atoms with Gasteiger partial charge in [-0.3, -0.25) is 14.5 Å². The van der Waals surface area contributed by atoms with Crippen molar-refractivity contribution in [3.8, 4) is 0 Å². The van der Waals surface area contributed by atoms with E-state index in [1.165, 1.54) is 18.4 Å². The maximum absolute atomic E-state index is 12.9. The highest BCUT2D eigenvalue weighted by molar-refractivity contribution is 5.92. The number of pyridine rings is 1. The van der Waals surface area contributed by atoms with Crippen molar-refractivity contribution >= 4 is 5.91 Å². The third-order valence-electron chi connectivity index (χ3n) is 4.85. The molecule has 0 bridgehead atoms. The molecule has 3 heterocycles. The van der Waals surface area contributed by atoms with Gasteiger partial charge in [0.15, 0.2) is 0 Å². The van der Waals surface area contributed by atoms with E-state index in [9.17, 15) is 4.79 Å². The normalized spacial score (nSPS) is 20.0. The maximum Gasteiger partial charge on any atom is 0.273 e. The maximum atomic E-state index is 12.9. The minimum absolute atomic E-state index is 0.0394. The SMILES string of the molecule is Cn1ncc2c1C(COCC1CC1)N(C(=O)c1ccccn1)CC2. The van der Waals surface area contributed by atoms with Crippen LogP contribution in [-0.2, 0) is 18.2 Å². The highest BCUT2D eigenvalue weighted by Crippen LogP contribution is 2.33. The van der Waals surface area contributed by atoms with Gasteiger partial charge in [-0.05, 0) is 42.9 Å². The summed E-state index contributed by atoms with van der Waals surface area (Å²) in [5.74, 6) is 0.669. The van der Waals surface area contributed by atoms with Gasteiger partial charge in [0.25, 0.3) is 5.91 Å². The summed E-state index contributed by atoms with van der Waals surface area (Å²) < 4.78 is 7.81. The molecule has 0 aromatic carbocycles. The minimum atomic E-state index is -0.102. The zero-order valence-electron chi connectivity index (χ0n) is 13.9. The van der Waals surface area contributed by atoms with Crippen molar-refractivity contribution in [2.24, 2.45) is 13.0 Å². The van der Waals surface area contributed by atoms with Crippen LogP contribution < -0.4 is 0 Å². The van der Waals surface area contributed by atoms with Crippen LogP contribution in [0.4, 0.5) is 0 Å². The molecule has 1 amide bonds. The summed E-state index contributed by atoms with van der Waals surface area (Å²) in [6.07, 6.45) is 6.91. The predicted octanol–water partition coefficient (Wildman–Crippen LogP) is 1.98. The number of carbonyl (C=O) groups excluding carboxylic acids is 1. The molecular weight excluding hydrogens is 304 g/mol. The number of ether oxygens (including phenoxy) is 1. The summed E-state index contributed by atoms with van der Waals surface area (Å²) in [5, 5.41) is 4.38. The average Bonchev–Trinajstić information content (AvgIpc) is 3.37. The molecule has 6 nitrogen and oxygen atoms in total. The van der Waals surface area contributed by atoms with Crippen molar-refractivity contribution in [1.82, 2.24) is 19.7 Å². The second-order valence-corrected chi connectivity index (χ2v) is 6.64. The quantitative estimate of drug-likeness (QED) is 0.843. The Morgan fingerprint density at radius 2 is 2.21 bits per heavy atom. The molecule has 1 fully saturated rings. The topological polar surface area (TPSA) is 60.2 Å². The molecule has 1 aliphatic carbocycles. The average molecular weight is 326 g/mol. The zero-order valence-corrected chi connectivity index (χ0v) is 13.9. The Balaban J connectivity index is 1.59. The summed E-state index contributed by atoms with van der Waals surface area (Å²) in [6.45, 7) is 1.97. The first-order chi connectivity index (χ1) is 11.7. The molecule has 0 saturated heterocycles. The number of amides is 1. The molecule has 2 aromatic heterocycles. The number of aromatic nitrogens is 3. The van der Waals surface area contributed by atoms with Gasteiger partial charge in [0, 0.05) is 26.4 Å². The van der Waals surface area contributed by atoms with Gasteiger partial charge in [0.05, 0.1) is 24.5 Å². The van der Waals surface area contributed by atoms with Crippen LogP contribution in [0.25, 0.3) is 0 Å². The lowest BCUT2D eigenvalue weighted by Crippen LogP contribution is -2.43. The van der Waals surface area contributed by atoms with E-state index >= 15 is 0 Å². The van der Waals surface area contributed by atoms with Gasteiger partial charge in [-0.25, -0.2) is 0 Å². The molecular formula is C18H22N4O2. The summed E-state index contributed by atoms with van der Waals surface area (Å²) >= 11 is 0. The molecule has 0 N–H and O–H groups in total. The fraction of sp³-hybridized carbons (Fsp3) is 0.500. The van der Waals surface area contributed by atoms with Crippen LogP contribution in [0.1, 0.15) is 40.6 Å². The van der Waals surface area contributed by atoms with Crippen molar-refractivity contribution in [1.29, 1.82) is 0 Å². The van der Waals surface area contributed by atoms with Gasteiger partial charge < -0.3 is 9.64 Å². The third kappa shape index (κ3) is 2.94. The van der Waals surface area contributed by atoms with E-state index in [1.54, 1.807) is 12.3 Å². The number of hydrogen-bond acceptors (Lipinski definition) is 4. The van der Waals surface area contributed by atoms with Crippen molar-refractivity contribution in [2.75, 3.05) is 19.8 Å². The minimum Gasteiger partial charge on any atom is -0.379 e. The molecule has 0 radical (unpaired) electrons. The van der Waals surface area contributed by atoms with Crippen molar-refractivity contribution in [3.63, 3.8) is 0 Å². The van der Waals surface area contributed by atoms with Crippen LogP contribution in [0.15, 0.2) is 30.6 Å². The number of nitrogens with zero attached hydrogens (tertiary/aromatic N) is 4. The van der Waals surface area contributed by atoms with Crippen LogP contribution in [0.2, 0.25) is 0 Å². The van der Waals surface area contributed by atoms with E-state index < -0.39 is 0 Å². The first-order valence-electron chi connectivity index (χ1n) is 8.54. The Labute approximate surface area is 141 Å². The zero-order chi connectivity index (χ0) is 16.5. The highest BCUT2D eigenvalue weighted by atomic mass is 16.5. The Bertz CT molecular complexity index is 724. The first-order valence-corrected chi connectivity index (χ1v) is 8.54. The Kier molecular flexibility index (Phi) is 4.06. The van der Waals surface area contributed by atoms with E-state index in [0.717, 1.165) is 18.7 Å². The standard InChI is InChI=1S/C18H22N4O2/c1-21-17-14(10-20-21)7-9-22(16(17)12-24-11-13-5-6-13)18(23)15-4-2-3-8-19-15/h2-4,8,10,13,16H,5-7,9,11-12H2,1H3. The molecule has 126 valence electrons. The number of carbonyl (C=O) groups is 1. The van der Waals surface area contributed by atoms with Gasteiger partial charge in [-0.2, -0.15) is 5.10 Å². The van der Waals surface area contributed by atoms with Gasteiger partial charge >= 0.3 is 0 Å². The van der Waals surface area contributed by atoms with Crippen molar-refractivity contribution in [3.05, 3.63) is 47.5 Å². The van der Waals surface area contributed by atoms with Crippen LogP contribution in [0, 0.1) is 5.92 Å². The number of hydrogen-bond donors (Lipinski definition) is 0. The first kappa shape index (κ1) is 15.3. The monoisotopic (exact) mass is 326 g/mol. The largest absolute Gasteiger partial charge is 0.379 e. The highest BCUT2D eigenvalue weighted by Gasteiger charge is 2.35. The number of fused-ring (bicyclic) bond motifs is 1. The van der Waals surface area contributed by atoms with Crippen molar-refractivity contribution < 1.29 is 9.53 Å². The molecule has 24 heavy (non-hydrogen) atoms. The smallest absolute Gasteiger partial charge is 0.273 e. The van der Waals surface area contributed by atoms with Crippen molar-refractivity contribution in [2.45, 2.75) is 25.3 Å². The fourth-order valence-electron chi connectivity index (χ4n) is 3.34. The Morgan fingerprint density at radius 1 is 1.33 bits per heavy atom. The summed E-state index contributed by atoms with van der Waals surface area (Å²) in [6, 6.07) is 5.33. The predicted molar refractivity (Wildman–Crippen MR) is 88.5 cm³/mol. The Morgan fingerprint density at radius 3 is 2.96 bits per heavy atom. The Hall–Kier alpha value is -2.21. The molecule has 6 heteroatoms. The van der Waals surface area contributed by atoms with Gasteiger partial charge in [-0.1, -0.05) is 6.07 Å². The van der Waals surface area contributed by atoms with E-state index in [1.807, 2.05) is 35.0 Å². The lowest BCUT2D eigenvalue weighted by Gasteiger charge is -2.35. The van der Waals surface area contributed by atoms with E-state index in [-0.39, 0.29) is 11.9 Å².